The summed E-state index contributed by atoms with van der Waals surface area (Å²) in [5.74, 6) is 0.0273. The summed E-state index contributed by atoms with van der Waals surface area (Å²) < 4.78 is 0. The van der Waals surface area contributed by atoms with Crippen molar-refractivity contribution in [3.63, 3.8) is 0 Å². The molecule has 1 fully saturated rings. The predicted molar refractivity (Wildman–Crippen MR) is 84.6 cm³/mol. The number of fused-ring (bicyclic) bond motifs is 1. The van der Waals surface area contributed by atoms with E-state index in [0.29, 0.717) is 0 Å². The third-order valence-electron chi connectivity index (χ3n) is 3.64. The van der Waals surface area contributed by atoms with Crippen LogP contribution in [0.25, 0.3) is 10.8 Å². The highest BCUT2D eigenvalue weighted by molar-refractivity contribution is 5.98. The van der Waals surface area contributed by atoms with Crippen molar-refractivity contribution in [3.8, 4) is 0 Å². The van der Waals surface area contributed by atoms with Crippen molar-refractivity contribution in [1.29, 1.82) is 0 Å². The zero-order valence-electron chi connectivity index (χ0n) is 11.3. The monoisotopic (exact) mass is 290 g/mol. The molecule has 2 N–H and O–H groups in total. The number of halogens is 1. The maximum Gasteiger partial charge on any atom is 0.251 e. The van der Waals surface area contributed by atoms with Gasteiger partial charge in [-0.15, -0.1) is 12.4 Å². The van der Waals surface area contributed by atoms with E-state index in [4.69, 9.17) is 0 Å². The molecule has 0 unspecified atom stereocenters. The number of carbonyl (C=O) groups is 1. The lowest BCUT2D eigenvalue weighted by Crippen LogP contribution is -2.45. The first kappa shape index (κ1) is 14.8. The van der Waals surface area contributed by atoms with E-state index < -0.39 is 0 Å². The van der Waals surface area contributed by atoms with Crippen LogP contribution in [0.3, 0.4) is 0 Å². The Morgan fingerprint density at radius 3 is 2.70 bits per heavy atom. The fraction of sp³-hybridized carbons (Fsp3) is 0.312. The smallest absolute Gasteiger partial charge is 0.251 e. The van der Waals surface area contributed by atoms with Crippen LogP contribution in [0.15, 0.2) is 42.5 Å². The highest BCUT2D eigenvalue weighted by Gasteiger charge is 2.16. The van der Waals surface area contributed by atoms with Gasteiger partial charge in [-0.05, 0) is 42.3 Å². The Kier molecular flexibility index (Phi) is 4.99. The van der Waals surface area contributed by atoms with Gasteiger partial charge in [0.05, 0.1) is 0 Å². The van der Waals surface area contributed by atoms with Gasteiger partial charge in [-0.3, -0.25) is 4.79 Å². The van der Waals surface area contributed by atoms with E-state index in [-0.39, 0.29) is 24.4 Å². The molecule has 0 aromatic heterocycles. The Labute approximate surface area is 125 Å². The SMILES string of the molecule is Cl.O=C(N[C@@H]1CCCNC1)c1ccc2ccccc2c1. The molecule has 1 heterocycles. The van der Waals surface area contributed by atoms with Gasteiger partial charge in [0.1, 0.15) is 0 Å². The summed E-state index contributed by atoms with van der Waals surface area (Å²) in [6.45, 7) is 1.93. The quantitative estimate of drug-likeness (QED) is 0.893. The molecule has 0 saturated carbocycles. The van der Waals surface area contributed by atoms with Gasteiger partial charge < -0.3 is 10.6 Å². The summed E-state index contributed by atoms with van der Waals surface area (Å²) in [4.78, 5) is 12.2. The van der Waals surface area contributed by atoms with Gasteiger partial charge in [0, 0.05) is 18.2 Å². The number of hydrogen-bond donors (Lipinski definition) is 2. The zero-order chi connectivity index (χ0) is 13.1. The molecular formula is C16H19ClN2O. The van der Waals surface area contributed by atoms with Gasteiger partial charge in [0.15, 0.2) is 0 Å². The molecule has 20 heavy (non-hydrogen) atoms. The molecule has 0 bridgehead atoms. The molecule has 0 aliphatic carbocycles. The molecule has 3 nitrogen and oxygen atoms in total. The molecule has 1 aliphatic rings. The molecule has 4 heteroatoms. The van der Waals surface area contributed by atoms with Crippen LogP contribution in [0.1, 0.15) is 23.2 Å². The first-order valence-corrected chi connectivity index (χ1v) is 6.83. The van der Waals surface area contributed by atoms with Crippen LogP contribution in [0.2, 0.25) is 0 Å². The van der Waals surface area contributed by atoms with Crippen molar-refractivity contribution in [2.24, 2.45) is 0 Å². The maximum absolute atomic E-state index is 12.2. The second-order valence-electron chi connectivity index (χ2n) is 5.08. The van der Waals surface area contributed by atoms with Crippen molar-refractivity contribution in [2.75, 3.05) is 13.1 Å². The Balaban J connectivity index is 0.00000147. The van der Waals surface area contributed by atoms with Crippen LogP contribution in [0.5, 0.6) is 0 Å². The standard InChI is InChI=1S/C16H18N2O.ClH/c19-16(18-15-6-3-9-17-11-15)14-8-7-12-4-1-2-5-13(12)10-14;/h1-2,4-5,7-8,10,15,17H,3,6,9,11H2,(H,18,19);1H/t15-;/m1./s1. The third-order valence-corrected chi connectivity index (χ3v) is 3.64. The number of amides is 1. The Morgan fingerprint density at radius 2 is 1.95 bits per heavy atom. The van der Waals surface area contributed by atoms with Gasteiger partial charge in [-0.25, -0.2) is 0 Å². The van der Waals surface area contributed by atoms with E-state index in [2.05, 4.69) is 16.7 Å². The lowest BCUT2D eigenvalue weighted by atomic mass is 10.0. The summed E-state index contributed by atoms with van der Waals surface area (Å²) in [6.07, 6.45) is 2.19. The highest BCUT2D eigenvalue weighted by atomic mass is 35.5. The second-order valence-corrected chi connectivity index (χ2v) is 5.08. The van der Waals surface area contributed by atoms with Crippen LogP contribution < -0.4 is 10.6 Å². The summed E-state index contributed by atoms with van der Waals surface area (Å²) in [5, 5.41) is 8.68. The molecule has 1 aliphatic heterocycles. The van der Waals surface area contributed by atoms with E-state index in [1.165, 1.54) is 5.39 Å². The fourth-order valence-corrected chi connectivity index (χ4v) is 2.57. The van der Waals surface area contributed by atoms with Crippen LogP contribution in [0.4, 0.5) is 0 Å². The number of carbonyl (C=O) groups excluding carboxylic acids is 1. The van der Waals surface area contributed by atoms with E-state index in [1.54, 1.807) is 0 Å². The Bertz CT molecular complexity index is 594. The van der Waals surface area contributed by atoms with Crippen LogP contribution in [-0.4, -0.2) is 25.0 Å². The molecule has 3 rings (SSSR count). The van der Waals surface area contributed by atoms with Crippen LogP contribution >= 0.6 is 12.4 Å². The minimum Gasteiger partial charge on any atom is -0.348 e. The van der Waals surface area contributed by atoms with Crippen LogP contribution in [-0.2, 0) is 0 Å². The van der Waals surface area contributed by atoms with Crippen LogP contribution in [0, 0.1) is 0 Å². The normalized spacial score (nSPS) is 18.3. The molecule has 0 spiro atoms. The summed E-state index contributed by atoms with van der Waals surface area (Å²) in [6, 6.07) is 14.2. The lowest BCUT2D eigenvalue weighted by Gasteiger charge is -2.23. The Morgan fingerprint density at radius 1 is 1.15 bits per heavy atom. The first-order chi connectivity index (χ1) is 9.33. The van der Waals surface area contributed by atoms with Crippen molar-refractivity contribution in [3.05, 3.63) is 48.0 Å². The fourth-order valence-electron chi connectivity index (χ4n) is 2.57. The molecule has 0 radical (unpaired) electrons. The van der Waals surface area contributed by atoms with E-state index in [0.717, 1.165) is 36.9 Å². The van der Waals surface area contributed by atoms with Gasteiger partial charge in [0.25, 0.3) is 5.91 Å². The van der Waals surface area contributed by atoms with Crippen molar-refractivity contribution in [1.82, 2.24) is 10.6 Å². The number of benzene rings is 2. The van der Waals surface area contributed by atoms with Gasteiger partial charge in [0.2, 0.25) is 0 Å². The van der Waals surface area contributed by atoms with Crippen molar-refractivity contribution >= 4 is 29.1 Å². The zero-order valence-corrected chi connectivity index (χ0v) is 12.1. The number of piperidine rings is 1. The molecule has 1 atom stereocenters. The topological polar surface area (TPSA) is 41.1 Å². The van der Waals surface area contributed by atoms with Gasteiger partial charge in [-0.2, -0.15) is 0 Å². The Hall–Kier alpha value is -1.58. The molecule has 106 valence electrons. The average molecular weight is 291 g/mol. The summed E-state index contributed by atoms with van der Waals surface area (Å²) >= 11 is 0. The molecule has 1 saturated heterocycles. The molecular weight excluding hydrogens is 272 g/mol. The minimum atomic E-state index is 0. The predicted octanol–water partition coefficient (Wildman–Crippen LogP) is 2.74. The minimum absolute atomic E-state index is 0. The van der Waals surface area contributed by atoms with E-state index in [1.807, 2.05) is 36.4 Å². The van der Waals surface area contributed by atoms with Crippen molar-refractivity contribution < 1.29 is 4.79 Å². The second kappa shape index (κ2) is 6.73. The molecule has 2 aromatic carbocycles. The molecule has 1 amide bonds. The number of hydrogen-bond acceptors (Lipinski definition) is 2. The van der Waals surface area contributed by atoms with Gasteiger partial charge >= 0.3 is 0 Å². The van der Waals surface area contributed by atoms with Gasteiger partial charge in [-0.1, -0.05) is 30.3 Å². The largest absolute Gasteiger partial charge is 0.348 e. The summed E-state index contributed by atoms with van der Waals surface area (Å²) in [5.41, 5.74) is 0.740. The van der Waals surface area contributed by atoms with E-state index in [9.17, 15) is 4.79 Å². The third kappa shape index (κ3) is 3.30. The number of nitrogens with one attached hydrogen (secondary N) is 2. The maximum atomic E-state index is 12.2. The molecule has 2 aromatic rings. The highest BCUT2D eigenvalue weighted by Crippen LogP contribution is 2.16. The lowest BCUT2D eigenvalue weighted by molar-refractivity contribution is 0.0931. The van der Waals surface area contributed by atoms with E-state index >= 15 is 0 Å². The van der Waals surface area contributed by atoms with Crippen molar-refractivity contribution in [2.45, 2.75) is 18.9 Å². The summed E-state index contributed by atoms with van der Waals surface area (Å²) in [7, 11) is 0. The number of rotatable bonds is 2. The first-order valence-electron chi connectivity index (χ1n) is 6.83. The average Bonchev–Trinajstić information content (AvgIpc) is 2.48.